The molecule has 0 radical (unpaired) electrons. The third-order valence-corrected chi connectivity index (χ3v) is 8.67. The van der Waals surface area contributed by atoms with E-state index in [9.17, 15) is 26.4 Å². The predicted molar refractivity (Wildman–Crippen MR) is 109 cm³/mol. The zero-order chi connectivity index (χ0) is 21.6. The molecule has 11 heteroatoms. The minimum Gasteiger partial charge on any atom is -0.314 e. The lowest BCUT2D eigenvalue weighted by Crippen LogP contribution is -2.38. The fourth-order valence-electron chi connectivity index (χ4n) is 3.54. The second-order valence-electron chi connectivity index (χ2n) is 7.08. The molecule has 0 N–H and O–H groups in total. The third kappa shape index (κ3) is 4.59. The number of alkyl halides is 3. The minimum absolute atomic E-state index is 0.00897. The van der Waals surface area contributed by atoms with Crippen molar-refractivity contribution in [2.24, 2.45) is 10.9 Å². The Balaban J connectivity index is 2.09. The minimum atomic E-state index is -4.59. The second kappa shape index (κ2) is 8.11. The van der Waals surface area contributed by atoms with Crippen LogP contribution >= 0.6 is 23.4 Å². The highest BCUT2D eigenvalue weighted by molar-refractivity contribution is 8.16. The number of hydrogen-bond acceptors (Lipinski definition) is 4. The van der Waals surface area contributed by atoms with Crippen molar-refractivity contribution in [3.63, 3.8) is 0 Å². The molecule has 3 rings (SSSR count). The van der Waals surface area contributed by atoms with E-state index in [0.29, 0.717) is 12.8 Å². The Hall–Kier alpha value is -1.26. The van der Waals surface area contributed by atoms with Crippen LogP contribution in [0.5, 0.6) is 0 Å². The van der Waals surface area contributed by atoms with E-state index in [4.69, 9.17) is 11.6 Å². The lowest BCUT2D eigenvalue weighted by Gasteiger charge is -2.26. The lowest BCUT2D eigenvalue weighted by atomic mass is 10.0. The average Bonchev–Trinajstić information content (AvgIpc) is 3.06. The number of benzene rings is 1. The lowest BCUT2D eigenvalue weighted by molar-refractivity contribution is -0.137. The fraction of sp³-hybridized carbons (Fsp3) is 0.556. The first-order valence-corrected chi connectivity index (χ1v) is 12.2. The fourth-order valence-corrected chi connectivity index (χ4v) is 7.66. The summed E-state index contributed by atoms with van der Waals surface area (Å²) in [6, 6.07) is 2.25. The number of halogens is 4. The number of amidine groups is 1. The van der Waals surface area contributed by atoms with Gasteiger partial charge in [-0.15, -0.1) is 0 Å². The van der Waals surface area contributed by atoms with Gasteiger partial charge in [0.15, 0.2) is 15.0 Å². The number of rotatable bonds is 4. The molecule has 1 amide bonds. The van der Waals surface area contributed by atoms with Crippen LogP contribution < -0.4 is 4.90 Å². The Morgan fingerprint density at radius 3 is 2.55 bits per heavy atom. The first-order chi connectivity index (χ1) is 13.5. The predicted octanol–water partition coefficient (Wildman–Crippen LogP) is 4.40. The summed E-state index contributed by atoms with van der Waals surface area (Å²) < 4.78 is 63.9. The van der Waals surface area contributed by atoms with E-state index in [0.717, 1.165) is 30.0 Å². The summed E-state index contributed by atoms with van der Waals surface area (Å²) in [6.45, 7) is 3.72. The molecular weight excluding hydrogens is 449 g/mol. The van der Waals surface area contributed by atoms with Crippen molar-refractivity contribution in [3.05, 3.63) is 28.8 Å². The number of amides is 1. The van der Waals surface area contributed by atoms with Gasteiger partial charge in [0.2, 0.25) is 0 Å². The number of thioether (sulfide) groups is 1. The van der Waals surface area contributed by atoms with E-state index in [1.54, 1.807) is 0 Å². The van der Waals surface area contributed by atoms with Gasteiger partial charge in [0.25, 0.3) is 5.91 Å². The van der Waals surface area contributed by atoms with E-state index in [-0.39, 0.29) is 39.2 Å². The Morgan fingerprint density at radius 2 is 1.97 bits per heavy atom. The van der Waals surface area contributed by atoms with Crippen LogP contribution in [-0.2, 0) is 20.8 Å². The summed E-state index contributed by atoms with van der Waals surface area (Å²) in [4.78, 5) is 18.1. The standard InChI is InChI=1S/C18H20ClF3N2O3S2/c1-3-10(4-2)16(25)23-17-24(14-8-29(26,27)9-15(14)28-17)13-7-11(18(20,21)22)5-6-12(13)19/h5-7,10,14-15H,3-4,8-9H2,1-2H3/t14-,15-/m1/s1. The maximum Gasteiger partial charge on any atom is 0.416 e. The number of sulfone groups is 1. The summed E-state index contributed by atoms with van der Waals surface area (Å²) in [6.07, 6.45) is -3.42. The monoisotopic (exact) mass is 468 g/mol. The molecule has 0 saturated carbocycles. The van der Waals surface area contributed by atoms with Gasteiger partial charge in [-0.05, 0) is 31.0 Å². The van der Waals surface area contributed by atoms with Crippen molar-refractivity contribution in [2.45, 2.75) is 44.2 Å². The molecule has 160 valence electrons. The molecule has 2 atom stereocenters. The summed E-state index contributed by atoms with van der Waals surface area (Å²) in [5.41, 5.74) is -0.897. The molecule has 29 heavy (non-hydrogen) atoms. The van der Waals surface area contributed by atoms with Gasteiger partial charge in [-0.25, -0.2) is 8.42 Å². The highest BCUT2D eigenvalue weighted by Crippen LogP contribution is 2.44. The Morgan fingerprint density at radius 1 is 1.31 bits per heavy atom. The van der Waals surface area contributed by atoms with Crippen molar-refractivity contribution in [3.8, 4) is 0 Å². The number of hydrogen-bond donors (Lipinski definition) is 0. The van der Waals surface area contributed by atoms with Gasteiger partial charge in [0.1, 0.15) is 0 Å². The Bertz CT molecular complexity index is 946. The first-order valence-electron chi connectivity index (χ1n) is 9.12. The number of anilines is 1. The highest BCUT2D eigenvalue weighted by Gasteiger charge is 2.50. The molecule has 0 bridgehead atoms. The number of carbonyl (C=O) groups excluding carboxylic acids is 1. The molecule has 0 aromatic heterocycles. The number of fused-ring (bicyclic) bond motifs is 1. The third-order valence-electron chi connectivity index (χ3n) is 5.14. The van der Waals surface area contributed by atoms with Crippen LogP contribution in [0.2, 0.25) is 5.02 Å². The van der Waals surface area contributed by atoms with Gasteiger partial charge in [-0.1, -0.05) is 37.2 Å². The molecule has 2 aliphatic heterocycles. The van der Waals surface area contributed by atoms with Gasteiger partial charge in [0, 0.05) is 11.2 Å². The smallest absolute Gasteiger partial charge is 0.314 e. The molecule has 5 nitrogen and oxygen atoms in total. The number of carbonyl (C=O) groups is 1. The van der Waals surface area contributed by atoms with Gasteiger partial charge in [-0.3, -0.25) is 4.79 Å². The molecule has 0 aliphatic carbocycles. The number of nitrogens with zero attached hydrogens (tertiary/aromatic N) is 2. The molecule has 2 fully saturated rings. The summed E-state index contributed by atoms with van der Waals surface area (Å²) >= 11 is 7.31. The molecular formula is C18H20ClF3N2O3S2. The van der Waals surface area contributed by atoms with Crippen molar-refractivity contribution in [2.75, 3.05) is 16.4 Å². The molecule has 2 heterocycles. The van der Waals surface area contributed by atoms with Crippen molar-refractivity contribution >= 4 is 50.0 Å². The highest BCUT2D eigenvalue weighted by atomic mass is 35.5. The van der Waals surface area contributed by atoms with Crippen LogP contribution in [0.15, 0.2) is 23.2 Å². The van der Waals surface area contributed by atoms with Crippen LogP contribution in [0, 0.1) is 5.92 Å². The van der Waals surface area contributed by atoms with E-state index in [1.807, 2.05) is 13.8 Å². The van der Waals surface area contributed by atoms with Crippen LogP contribution in [0.4, 0.5) is 18.9 Å². The van der Waals surface area contributed by atoms with E-state index < -0.39 is 32.9 Å². The Kier molecular flexibility index (Phi) is 6.27. The first kappa shape index (κ1) is 22.4. The van der Waals surface area contributed by atoms with Crippen molar-refractivity contribution in [1.82, 2.24) is 0 Å². The zero-order valence-corrected chi connectivity index (χ0v) is 18.1. The maximum atomic E-state index is 13.2. The van der Waals surface area contributed by atoms with Gasteiger partial charge >= 0.3 is 6.18 Å². The topological polar surface area (TPSA) is 66.8 Å². The van der Waals surface area contributed by atoms with E-state index >= 15 is 0 Å². The van der Waals surface area contributed by atoms with Crippen LogP contribution in [0.1, 0.15) is 32.3 Å². The van der Waals surface area contributed by atoms with Crippen molar-refractivity contribution in [1.29, 1.82) is 0 Å². The quantitative estimate of drug-likeness (QED) is 0.655. The van der Waals surface area contributed by atoms with Crippen LogP contribution in [0.3, 0.4) is 0 Å². The van der Waals surface area contributed by atoms with Crippen molar-refractivity contribution < 1.29 is 26.4 Å². The van der Waals surface area contributed by atoms with E-state index in [2.05, 4.69) is 4.99 Å². The molecule has 0 spiro atoms. The molecule has 0 unspecified atom stereocenters. The Labute approximate surface area is 176 Å². The van der Waals surface area contributed by atoms with E-state index in [1.165, 1.54) is 4.90 Å². The van der Waals surface area contributed by atoms with Gasteiger partial charge in [0.05, 0.1) is 33.8 Å². The molecule has 2 aliphatic rings. The largest absolute Gasteiger partial charge is 0.416 e. The average molecular weight is 469 g/mol. The maximum absolute atomic E-state index is 13.2. The summed E-state index contributed by atoms with van der Waals surface area (Å²) in [7, 11) is -3.34. The molecule has 2 saturated heterocycles. The van der Waals surface area contributed by atoms with Crippen LogP contribution in [-0.4, -0.2) is 42.3 Å². The molecule has 1 aromatic rings. The zero-order valence-electron chi connectivity index (χ0n) is 15.7. The summed E-state index contributed by atoms with van der Waals surface area (Å²) in [5.74, 6) is -1.01. The SMILES string of the molecule is CCC(CC)C(=O)N=C1S[C@@H]2CS(=O)(=O)C[C@H]2N1c1cc(C(F)(F)F)ccc1Cl. The van der Waals surface area contributed by atoms with Gasteiger partial charge in [-0.2, -0.15) is 18.2 Å². The number of aliphatic imine (C=N–C) groups is 1. The van der Waals surface area contributed by atoms with Crippen LogP contribution in [0.25, 0.3) is 0 Å². The normalized spacial score (nSPS) is 25.1. The summed E-state index contributed by atoms with van der Waals surface area (Å²) in [5, 5.41) is -0.182. The second-order valence-corrected chi connectivity index (χ2v) is 10.8. The molecule has 1 aromatic carbocycles. The van der Waals surface area contributed by atoms with Gasteiger partial charge < -0.3 is 4.90 Å².